The number of amides is 2. The highest BCUT2D eigenvalue weighted by molar-refractivity contribution is 6.32. The minimum atomic E-state index is -0.428. The molecule has 1 aromatic carbocycles. The molecule has 0 saturated carbocycles. The fraction of sp³-hybridized carbons (Fsp3) is 0.444. The quantitative estimate of drug-likeness (QED) is 0.674. The van der Waals surface area contributed by atoms with E-state index >= 15 is 0 Å². The van der Waals surface area contributed by atoms with Crippen LogP contribution in [0.15, 0.2) is 35.5 Å². The van der Waals surface area contributed by atoms with Crippen LogP contribution in [0.25, 0.3) is 0 Å². The van der Waals surface area contributed by atoms with Gasteiger partial charge in [-0.2, -0.15) is 0 Å². The van der Waals surface area contributed by atoms with Gasteiger partial charge in [-0.15, -0.1) is 0 Å². The fourth-order valence-corrected chi connectivity index (χ4v) is 2.82. The summed E-state index contributed by atoms with van der Waals surface area (Å²) in [5, 5.41) is 5.94. The van der Waals surface area contributed by atoms with Crippen LogP contribution in [-0.4, -0.2) is 56.3 Å². The van der Waals surface area contributed by atoms with Gasteiger partial charge in [0.2, 0.25) is 0 Å². The molecule has 1 aliphatic rings. The van der Waals surface area contributed by atoms with E-state index in [0.717, 1.165) is 0 Å². The average Bonchev–Trinajstić information content (AvgIpc) is 2.56. The molecule has 2 rings (SSSR count). The topological polar surface area (TPSA) is 79.9 Å². The van der Waals surface area contributed by atoms with Gasteiger partial charge < -0.3 is 20.1 Å². The Kier molecular flexibility index (Phi) is 7.29. The van der Waals surface area contributed by atoms with Crippen molar-refractivity contribution in [1.82, 2.24) is 15.5 Å². The number of benzene rings is 1. The Hall–Kier alpha value is -2.25. The molecular formula is C18H24ClN3O4. The molecule has 0 radical (unpaired) electrons. The first-order chi connectivity index (χ1) is 12.4. The van der Waals surface area contributed by atoms with Crippen molar-refractivity contribution in [3.63, 3.8) is 0 Å². The van der Waals surface area contributed by atoms with Crippen LogP contribution in [-0.2, 0) is 9.53 Å². The molecule has 1 heterocycles. The molecule has 0 fully saturated rings. The molecule has 1 unspecified atom stereocenters. The first-order valence-corrected chi connectivity index (χ1v) is 8.83. The molecule has 2 amide bonds. The van der Waals surface area contributed by atoms with Crippen molar-refractivity contribution in [2.45, 2.75) is 19.9 Å². The number of rotatable bonds is 8. The molecule has 26 heavy (non-hydrogen) atoms. The van der Waals surface area contributed by atoms with Crippen LogP contribution >= 0.6 is 11.6 Å². The Bertz CT molecular complexity index is 693. The monoisotopic (exact) mass is 381 g/mol. The van der Waals surface area contributed by atoms with Crippen LogP contribution in [0.3, 0.4) is 0 Å². The first kappa shape index (κ1) is 20.1. The minimum absolute atomic E-state index is 0.276. The van der Waals surface area contributed by atoms with E-state index in [2.05, 4.69) is 10.6 Å². The van der Waals surface area contributed by atoms with Gasteiger partial charge in [0, 0.05) is 18.8 Å². The summed E-state index contributed by atoms with van der Waals surface area (Å²) in [5.41, 5.74) is 0.977. The van der Waals surface area contributed by atoms with E-state index in [1.165, 1.54) is 0 Å². The van der Waals surface area contributed by atoms with Crippen LogP contribution < -0.4 is 15.4 Å². The van der Waals surface area contributed by atoms with E-state index < -0.39 is 12.0 Å². The molecule has 1 atom stereocenters. The summed E-state index contributed by atoms with van der Waals surface area (Å²) in [4.78, 5) is 25.9. The fourth-order valence-electron chi connectivity index (χ4n) is 2.63. The summed E-state index contributed by atoms with van der Waals surface area (Å²) >= 11 is 6.06. The zero-order chi connectivity index (χ0) is 19.1. The third-order valence-electron chi connectivity index (χ3n) is 3.86. The van der Waals surface area contributed by atoms with Crippen LogP contribution in [0, 0.1) is 0 Å². The number of nitrogens with one attached hydrogen (secondary N) is 2. The SMILES string of the molecule is CCOC(=O)C1=C(CN(C)CCOc2ccccc2Cl)NC(=O)NC1C. The van der Waals surface area contributed by atoms with E-state index in [4.69, 9.17) is 21.1 Å². The van der Waals surface area contributed by atoms with Crippen molar-refractivity contribution in [1.29, 1.82) is 0 Å². The lowest BCUT2D eigenvalue weighted by Crippen LogP contribution is -2.51. The molecule has 0 aliphatic carbocycles. The van der Waals surface area contributed by atoms with Crippen molar-refractivity contribution < 1.29 is 19.1 Å². The number of carbonyl (C=O) groups is 2. The number of para-hydroxylation sites is 1. The van der Waals surface area contributed by atoms with Crippen molar-refractivity contribution in [2.24, 2.45) is 0 Å². The lowest BCUT2D eigenvalue weighted by Gasteiger charge is -2.29. The number of carbonyl (C=O) groups excluding carboxylic acids is 2. The Morgan fingerprint density at radius 1 is 1.35 bits per heavy atom. The molecule has 2 N–H and O–H groups in total. The van der Waals surface area contributed by atoms with Crippen molar-refractivity contribution in [3.8, 4) is 5.75 Å². The minimum Gasteiger partial charge on any atom is -0.491 e. The highest BCUT2D eigenvalue weighted by atomic mass is 35.5. The highest BCUT2D eigenvalue weighted by Gasteiger charge is 2.29. The second kappa shape index (κ2) is 9.45. The summed E-state index contributed by atoms with van der Waals surface area (Å²) in [6.07, 6.45) is 0. The number of halogens is 1. The maximum Gasteiger partial charge on any atom is 0.337 e. The number of esters is 1. The van der Waals surface area contributed by atoms with Gasteiger partial charge in [-0.1, -0.05) is 23.7 Å². The molecule has 0 saturated heterocycles. The Morgan fingerprint density at radius 3 is 2.77 bits per heavy atom. The normalized spacial score (nSPS) is 17.0. The van der Waals surface area contributed by atoms with Gasteiger partial charge in [0.1, 0.15) is 12.4 Å². The van der Waals surface area contributed by atoms with E-state index in [1.54, 1.807) is 26.0 Å². The predicted molar refractivity (Wildman–Crippen MR) is 99.2 cm³/mol. The number of likely N-dealkylation sites (N-methyl/N-ethyl adjacent to an activating group) is 1. The molecule has 0 spiro atoms. The smallest absolute Gasteiger partial charge is 0.337 e. The van der Waals surface area contributed by atoms with Crippen LogP contribution in [0.1, 0.15) is 13.8 Å². The lowest BCUT2D eigenvalue weighted by molar-refractivity contribution is -0.139. The standard InChI is InChI=1S/C18H24ClN3O4/c1-4-25-17(23)16-12(2)20-18(24)21-14(16)11-22(3)9-10-26-15-8-6-5-7-13(15)19/h5-8,12H,4,9-11H2,1-3H3,(H2,20,21,24). The van der Waals surface area contributed by atoms with E-state index in [-0.39, 0.29) is 12.6 Å². The van der Waals surface area contributed by atoms with Gasteiger partial charge in [0.15, 0.2) is 0 Å². The molecular weight excluding hydrogens is 358 g/mol. The van der Waals surface area contributed by atoms with Crippen molar-refractivity contribution in [2.75, 3.05) is 33.4 Å². The number of hydrogen-bond donors (Lipinski definition) is 2. The zero-order valence-electron chi connectivity index (χ0n) is 15.2. The van der Waals surface area contributed by atoms with Crippen LogP contribution in [0.2, 0.25) is 5.02 Å². The summed E-state index contributed by atoms with van der Waals surface area (Å²) in [6, 6.07) is 6.52. The second-order valence-corrected chi connectivity index (χ2v) is 6.36. The third kappa shape index (κ3) is 5.37. The van der Waals surface area contributed by atoms with Gasteiger partial charge in [-0.05, 0) is 33.0 Å². The molecule has 8 heteroatoms. The van der Waals surface area contributed by atoms with E-state index in [9.17, 15) is 9.59 Å². The van der Waals surface area contributed by atoms with Gasteiger partial charge >= 0.3 is 12.0 Å². The highest BCUT2D eigenvalue weighted by Crippen LogP contribution is 2.23. The lowest BCUT2D eigenvalue weighted by atomic mass is 10.0. The number of nitrogens with zero attached hydrogens (tertiary/aromatic N) is 1. The van der Waals surface area contributed by atoms with E-state index in [1.807, 2.05) is 24.1 Å². The first-order valence-electron chi connectivity index (χ1n) is 8.46. The number of urea groups is 1. The largest absolute Gasteiger partial charge is 0.491 e. The maximum atomic E-state index is 12.2. The Morgan fingerprint density at radius 2 is 2.08 bits per heavy atom. The average molecular weight is 382 g/mol. The number of ether oxygens (including phenoxy) is 2. The molecule has 7 nitrogen and oxygen atoms in total. The van der Waals surface area contributed by atoms with E-state index in [0.29, 0.717) is 41.7 Å². The molecule has 0 aromatic heterocycles. The van der Waals surface area contributed by atoms with Gasteiger partial charge in [-0.3, -0.25) is 4.90 Å². The summed E-state index contributed by atoms with van der Waals surface area (Å²) in [6.45, 7) is 5.17. The second-order valence-electron chi connectivity index (χ2n) is 5.95. The summed E-state index contributed by atoms with van der Waals surface area (Å²) in [7, 11) is 1.88. The Balaban J connectivity index is 1.98. The number of hydrogen-bond acceptors (Lipinski definition) is 5. The van der Waals surface area contributed by atoms with Crippen molar-refractivity contribution >= 4 is 23.6 Å². The van der Waals surface area contributed by atoms with Gasteiger partial charge in [0.05, 0.1) is 23.2 Å². The zero-order valence-corrected chi connectivity index (χ0v) is 15.9. The molecule has 142 valence electrons. The molecule has 1 aliphatic heterocycles. The van der Waals surface area contributed by atoms with Crippen molar-refractivity contribution in [3.05, 3.63) is 40.6 Å². The van der Waals surface area contributed by atoms with Crippen LogP contribution in [0.4, 0.5) is 4.79 Å². The maximum absolute atomic E-state index is 12.2. The third-order valence-corrected chi connectivity index (χ3v) is 4.17. The summed E-state index contributed by atoms with van der Waals surface area (Å²) in [5.74, 6) is 0.195. The van der Waals surface area contributed by atoms with Gasteiger partial charge in [0.25, 0.3) is 0 Å². The van der Waals surface area contributed by atoms with Gasteiger partial charge in [-0.25, -0.2) is 9.59 Å². The molecule has 1 aromatic rings. The predicted octanol–water partition coefficient (Wildman–Crippen LogP) is 2.17. The molecule has 0 bridgehead atoms. The summed E-state index contributed by atoms with van der Waals surface area (Å²) < 4.78 is 10.8. The Labute approximate surface area is 158 Å². The van der Waals surface area contributed by atoms with Crippen LogP contribution in [0.5, 0.6) is 5.75 Å².